The summed E-state index contributed by atoms with van der Waals surface area (Å²) in [4.78, 5) is 26.4. The average Bonchev–Trinajstić information content (AvgIpc) is 3.51. The molecule has 0 saturated carbocycles. The van der Waals surface area contributed by atoms with Gasteiger partial charge in [-0.15, -0.1) is 0 Å². The van der Waals surface area contributed by atoms with Gasteiger partial charge in [0.25, 0.3) is 0 Å². The van der Waals surface area contributed by atoms with Crippen LogP contribution in [-0.4, -0.2) is 42.2 Å². The van der Waals surface area contributed by atoms with E-state index in [0.717, 1.165) is 33.3 Å². The van der Waals surface area contributed by atoms with E-state index in [0.29, 0.717) is 39.1 Å². The Morgan fingerprint density at radius 1 is 0.886 bits per heavy atom. The number of fused-ring (bicyclic) bond motifs is 3. The maximum Gasteiger partial charge on any atom is 0.144 e. The minimum atomic E-state index is 0.0676. The zero-order chi connectivity index (χ0) is 24.5. The molecular weight excluding hydrogens is 511 g/mol. The lowest BCUT2D eigenvalue weighted by Crippen LogP contribution is -2.08. The number of ether oxygens (including phenoxy) is 1. The molecule has 0 atom stereocenters. The van der Waals surface area contributed by atoms with E-state index in [2.05, 4.69) is 40.2 Å². The average molecular weight is 530 g/mol. The summed E-state index contributed by atoms with van der Waals surface area (Å²) in [6, 6.07) is 7.56. The Kier molecular flexibility index (Phi) is 6.46. The van der Waals surface area contributed by atoms with Crippen molar-refractivity contribution in [2.24, 2.45) is 4.99 Å². The lowest BCUT2D eigenvalue weighted by Gasteiger charge is -2.17. The number of aromatic nitrogens is 6. The van der Waals surface area contributed by atoms with Gasteiger partial charge < -0.3 is 20.0 Å². The first-order chi connectivity index (χ1) is 16.9. The van der Waals surface area contributed by atoms with E-state index in [9.17, 15) is 0 Å². The monoisotopic (exact) mass is 528 g/mol. The highest BCUT2D eigenvalue weighted by Gasteiger charge is 2.16. The molecule has 5 heterocycles. The van der Waals surface area contributed by atoms with Crippen molar-refractivity contribution >= 4 is 74.6 Å². The Hall–Kier alpha value is -3.40. The van der Waals surface area contributed by atoms with Gasteiger partial charge in [0.15, 0.2) is 0 Å². The fourth-order valence-corrected chi connectivity index (χ4v) is 4.18. The number of rotatable bonds is 4. The molecule has 9 nitrogen and oxygen atoms in total. The fourth-order valence-electron chi connectivity index (χ4n) is 3.60. The van der Waals surface area contributed by atoms with Crippen LogP contribution < -0.4 is 10.1 Å². The van der Waals surface area contributed by atoms with Crippen LogP contribution in [0, 0.1) is 0 Å². The second kappa shape index (κ2) is 9.69. The predicted molar refractivity (Wildman–Crippen MR) is 140 cm³/mol. The highest BCUT2D eigenvalue weighted by molar-refractivity contribution is 6.35. The summed E-state index contributed by atoms with van der Waals surface area (Å²) >= 11 is 17.5. The van der Waals surface area contributed by atoms with Gasteiger partial charge in [0, 0.05) is 6.21 Å². The number of benzene rings is 1. The number of aromatic amines is 2. The first-order valence-corrected chi connectivity index (χ1v) is 11.7. The van der Waals surface area contributed by atoms with Crippen LogP contribution in [0.1, 0.15) is 25.0 Å². The molecule has 1 aromatic carbocycles. The molecule has 178 valence electrons. The van der Waals surface area contributed by atoms with Crippen molar-refractivity contribution < 1.29 is 4.74 Å². The second-order valence-electron chi connectivity index (χ2n) is 7.95. The number of hydrogen-bond acceptors (Lipinski definition) is 7. The van der Waals surface area contributed by atoms with Crippen LogP contribution in [0.5, 0.6) is 5.75 Å². The van der Waals surface area contributed by atoms with Crippen molar-refractivity contribution in [2.75, 3.05) is 5.32 Å². The zero-order valence-corrected chi connectivity index (χ0v) is 20.9. The number of aliphatic imine (C=N–C) groups is 1. The molecule has 3 N–H and O–H groups in total. The molecule has 35 heavy (non-hydrogen) atoms. The Bertz CT molecular complexity index is 1560. The normalized spacial score (nSPS) is 12.2. The fraction of sp³-hybridized carbons (Fsp3) is 0.174. The van der Waals surface area contributed by atoms with Gasteiger partial charge in [-0.25, -0.2) is 19.9 Å². The Labute approximate surface area is 214 Å². The third-order valence-corrected chi connectivity index (χ3v) is 5.79. The largest absolute Gasteiger partial charge is 0.489 e. The van der Waals surface area contributed by atoms with E-state index in [4.69, 9.17) is 39.5 Å². The number of halogens is 3. The summed E-state index contributed by atoms with van der Waals surface area (Å²) in [7, 11) is 0. The number of H-pyrrole nitrogens is 2. The second-order valence-corrected chi connectivity index (χ2v) is 9.13. The maximum absolute atomic E-state index is 6.04. The molecule has 0 spiro atoms. The van der Waals surface area contributed by atoms with Crippen molar-refractivity contribution in [1.82, 2.24) is 29.9 Å². The molecule has 0 fully saturated rings. The molecule has 0 aliphatic carbocycles. The highest BCUT2D eigenvalue weighted by Crippen LogP contribution is 2.35. The SMILES string of the molecule is CC(C)Oc1cc2c(cc1Nc1ncnc3[nH]c(Cl)cc13)C=NC2.Clc1cc2c(Cl)ncnc2[nH]1. The third-order valence-electron chi connectivity index (χ3n) is 5.09. The molecule has 12 heteroatoms. The molecule has 0 radical (unpaired) electrons. The van der Waals surface area contributed by atoms with E-state index in [1.54, 1.807) is 12.1 Å². The quantitative estimate of drug-likeness (QED) is 0.234. The van der Waals surface area contributed by atoms with Crippen LogP contribution in [0.15, 0.2) is 41.9 Å². The van der Waals surface area contributed by atoms with Gasteiger partial charge in [-0.05, 0) is 49.2 Å². The maximum atomic E-state index is 6.04. The standard InChI is InChI=1S/C17H16ClN5O.C6H3Cl2N3/c1-9(2)24-14-4-11-7-19-6-10(11)3-13(14)22-16-12-5-15(18)23-17(12)21-8-20-16;7-4-1-3-5(8)9-2-10-6(3)11-4/h3-6,8-9H,7H2,1-2H3,(H2,20,21,22,23);1-2H,(H,9,10,11). The van der Waals surface area contributed by atoms with Gasteiger partial charge in [0.1, 0.15) is 51.0 Å². The molecule has 0 bridgehead atoms. The summed E-state index contributed by atoms with van der Waals surface area (Å²) in [5.41, 5.74) is 4.44. The van der Waals surface area contributed by atoms with Crippen molar-refractivity contribution in [1.29, 1.82) is 0 Å². The van der Waals surface area contributed by atoms with Crippen LogP contribution >= 0.6 is 34.8 Å². The number of nitrogens with one attached hydrogen (secondary N) is 3. The minimum absolute atomic E-state index is 0.0676. The molecule has 0 amide bonds. The van der Waals surface area contributed by atoms with Crippen molar-refractivity contribution in [3.8, 4) is 5.75 Å². The van der Waals surface area contributed by atoms with Crippen molar-refractivity contribution in [2.45, 2.75) is 26.5 Å². The molecule has 0 unspecified atom stereocenters. The number of nitrogens with zero attached hydrogens (tertiary/aromatic N) is 5. The first kappa shape index (κ1) is 23.3. The molecule has 6 rings (SSSR count). The predicted octanol–water partition coefficient (Wildman–Crippen LogP) is 6.34. The summed E-state index contributed by atoms with van der Waals surface area (Å²) in [6.45, 7) is 4.69. The van der Waals surface area contributed by atoms with E-state index in [1.807, 2.05) is 32.2 Å². The van der Waals surface area contributed by atoms with Gasteiger partial charge >= 0.3 is 0 Å². The Morgan fingerprint density at radius 3 is 2.29 bits per heavy atom. The molecule has 1 aliphatic rings. The first-order valence-electron chi connectivity index (χ1n) is 10.6. The van der Waals surface area contributed by atoms with E-state index < -0.39 is 0 Å². The van der Waals surface area contributed by atoms with E-state index in [1.165, 1.54) is 12.7 Å². The van der Waals surface area contributed by atoms with Crippen molar-refractivity contribution in [3.05, 3.63) is 63.5 Å². The summed E-state index contributed by atoms with van der Waals surface area (Å²) in [5.74, 6) is 1.45. The van der Waals surface area contributed by atoms with Crippen LogP contribution in [0.2, 0.25) is 15.5 Å². The van der Waals surface area contributed by atoms with E-state index >= 15 is 0 Å². The summed E-state index contributed by atoms with van der Waals surface area (Å²) in [6.07, 6.45) is 4.83. The zero-order valence-electron chi connectivity index (χ0n) is 18.6. The topological polar surface area (TPSA) is 117 Å². The number of anilines is 2. The van der Waals surface area contributed by atoms with Crippen LogP contribution in [-0.2, 0) is 6.54 Å². The van der Waals surface area contributed by atoms with Crippen molar-refractivity contribution in [3.63, 3.8) is 0 Å². The lowest BCUT2D eigenvalue weighted by molar-refractivity contribution is 0.243. The smallest absolute Gasteiger partial charge is 0.144 e. The molecule has 4 aromatic heterocycles. The van der Waals surface area contributed by atoms with Crippen LogP contribution in [0.25, 0.3) is 22.1 Å². The van der Waals surface area contributed by atoms with Gasteiger partial charge in [-0.2, -0.15) is 0 Å². The van der Waals surface area contributed by atoms with Gasteiger partial charge in [0.2, 0.25) is 0 Å². The minimum Gasteiger partial charge on any atom is -0.489 e. The van der Waals surface area contributed by atoms with Gasteiger partial charge in [-0.3, -0.25) is 4.99 Å². The van der Waals surface area contributed by atoms with Crippen LogP contribution in [0.4, 0.5) is 11.5 Å². The van der Waals surface area contributed by atoms with Gasteiger partial charge in [-0.1, -0.05) is 34.8 Å². The molecule has 1 aliphatic heterocycles. The van der Waals surface area contributed by atoms with Crippen LogP contribution in [0.3, 0.4) is 0 Å². The highest BCUT2D eigenvalue weighted by atomic mass is 35.5. The Morgan fingerprint density at radius 2 is 1.57 bits per heavy atom. The van der Waals surface area contributed by atoms with Gasteiger partial charge in [0.05, 0.1) is 29.1 Å². The summed E-state index contributed by atoms with van der Waals surface area (Å²) in [5, 5.41) is 6.38. The lowest BCUT2D eigenvalue weighted by atomic mass is 10.1. The Balaban J connectivity index is 0.000000192. The van der Waals surface area contributed by atoms with E-state index in [-0.39, 0.29) is 6.10 Å². The molecule has 5 aromatic rings. The molecular formula is C23H19Cl3N8O. The molecule has 0 saturated heterocycles. The summed E-state index contributed by atoms with van der Waals surface area (Å²) < 4.78 is 5.96. The number of hydrogen-bond donors (Lipinski definition) is 3. The third kappa shape index (κ3) is 5.02.